The van der Waals surface area contributed by atoms with Crippen LogP contribution in [0, 0.1) is 0 Å². The van der Waals surface area contributed by atoms with Crippen LogP contribution in [0.2, 0.25) is 0 Å². The lowest BCUT2D eigenvalue weighted by Crippen LogP contribution is -2.32. The number of hydrogen-bond acceptors (Lipinski definition) is 8. The van der Waals surface area contributed by atoms with Gasteiger partial charge in [0.15, 0.2) is 17.7 Å². The molecule has 0 aromatic carbocycles. The number of hydrogen-bond donors (Lipinski definition) is 4. The van der Waals surface area contributed by atoms with Crippen LogP contribution in [0.1, 0.15) is 20.1 Å². The Bertz CT molecular complexity index is 739. The lowest BCUT2D eigenvalue weighted by molar-refractivity contribution is -0.0345. The van der Waals surface area contributed by atoms with Gasteiger partial charge in [-0.1, -0.05) is 0 Å². The van der Waals surface area contributed by atoms with Crippen LogP contribution in [0.4, 0.5) is 5.82 Å². The van der Waals surface area contributed by atoms with Gasteiger partial charge in [0.1, 0.15) is 35.9 Å². The molecule has 0 bridgehead atoms. The van der Waals surface area contributed by atoms with Crippen molar-refractivity contribution in [2.75, 3.05) is 5.73 Å². The first-order chi connectivity index (χ1) is 10.4. The Labute approximate surface area is 125 Å². The van der Waals surface area contributed by atoms with Gasteiger partial charge in [-0.25, -0.2) is 15.0 Å². The highest BCUT2D eigenvalue weighted by Gasteiger charge is 2.46. The lowest BCUT2D eigenvalue weighted by Gasteiger charge is -2.16. The van der Waals surface area contributed by atoms with Crippen molar-refractivity contribution in [1.29, 1.82) is 0 Å². The Balaban J connectivity index is 2.01. The molecular formula is C13H17N5O4. The molecule has 5 N–H and O–H groups in total. The van der Waals surface area contributed by atoms with E-state index >= 15 is 0 Å². The van der Waals surface area contributed by atoms with E-state index in [4.69, 9.17) is 10.5 Å². The Morgan fingerprint density at radius 2 is 1.95 bits per heavy atom. The summed E-state index contributed by atoms with van der Waals surface area (Å²) in [6, 6.07) is 0. The Kier molecular flexibility index (Phi) is 3.47. The number of nitrogens with two attached hydrogens (primary N) is 1. The maximum absolute atomic E-state index is 10.2. The predicted molar refractivity (Wildman–Crippen MR) is 76.7 cm³/mol. The average Bonchev–Trinajstić information content (AvgIpc) is 3.02. The molecule has 1 saturated heterocycles. The zero-order valence-electron chi connectivity index (χ0n) is 12.1. The number of aliphatic hydroxyl groups excluding tert-OH is 3. The zero-order valence-corrected chi connectivity index (χ0v) is 12.1. The number of rotatable bonds is 2. The van der Waals surface area contributed by atoms with Crippen molar-refractivity contribution in [1.82, 2.24) is 19.5 Å². The molecule has 0 spiro atoms. The van der Waals surface area contributed by atoms with Gasteiger partial charge in [-0.2, -0.15) is 0 Å². The number of allylic oxidation sites excluding steroid dienone is 1. The summed E-state index contributed by atoms with van der Waals surface area (Å²) in [5.74, 6) is 0.105. The van der Waals surface area contributed by atoms with E-state index in [1.54, 1.807) is 13.8 Å². The number of nitrogen functional groups attached to an aromatic ring is 1. The van der Waals surface area contributed by atoms with Gasteiger partial charge in [0, 0.05) is 0 Å². The van der Waals surface area contributed by atoms with Crippen LogP contribution in [0.5, 0.6) is 0 Å². The molecule has 2 aromatic rings. The fraction of sp³-hybridized carbons (Fsp3) is 0.462. The maximum atomic E-state index is 10.2. The smallest absolute Gasteiger partial charge is 0.167 e. The second kappa shape index (κ2) is 5.20. The van der Waals surface area contributed by atoms with Gasteiger partial charge >= 0.3 is 0 Å². The summed E-state index contributed by atoms with van der Waals surface area (Å²) in [5, 5.41) is 30.3. The van der Waals surface area contributed by atoms with E-state index in [0.29, 0.717) is 16.7 Å². The van der Waals surface area contributed by atoms with Crippen molar-refractivity contribution in [2.45, 2.75) is 38.4 Å². The van der Waals surface area contributed by atoms with Crippen LogP contribution < -0.4 is 5.73 Å². The van der Waals surface area contributed by atoms with Gasteiger partial charge in [0.2, 0.25) is 0 Å². The van der Waals surface area contributed by atoms with E-state index in [-0.39, 0.29) is 11.6 Å². The van der Waals surface area contributed by atoms with Crippen LogP contribution in [0.25, 0.3) is 11.2 Å². The fourth-order valence-electron chi connectivity index (χ4n) is 2.46. The molecule has 0 unspecified atom stereocenters. The molecule has 9 nitrogen and oxygen atoms in total. The van der Waals surface area contributed by atoms with Gasteiger partial charge in [0.05, 0.1) is 6.33 Å². The van der Waals surface area contributed by atoms with E-state index in [1.165, 1.54) is 17.2 Å². The first-order valence-electron chi connectivity index (χ1n) is 6.72. The first-order valence-corrected chi connectivity index (χ1v) is 6.72. The first kappa shape index (κ1) is 14.7. The zero-order chi connectivity index (χ0) is 16.0. The number of anilines is 1. The third kappa shape index (κ3) is 2.10. The number of aliphatic hydroxyl groups is 3. The third-order valence-corrected chi connectivity index (χ3v) is 3.68. The molecule has 3 rings (SSSR count). The van der Waals surface area contributed by atoms with Crippen molar-refractivity contribution in [3.05, 3.63) is 24.0 Å². The molecule has 2 aromatic heterocycles. The van der Waals surface area contributed by atoms with Gasteiger partial charge in [-0.05, 0) is 19.4 Å². The predicted octanol–water partition coefficient (Wildman–Crippen LogP) is -0.120. The summed E-state index contributed by atoms with van der Waals surface area (Å²) >= 11 is 0. The second-order valence-corrected chi connectivity index (χ2v) is 5.40. The minimum atomic E-state index is -1.27. The Morgan fingerprint density at radius 1 is 1.23 bits per heavy atom. The maximum Gasteiger partial charge on any atom is 0.167 e. The normalized spacial score (nSPS) is 28.2. The van der Waals surface area contributed by atoms with Crippen molar-refractivity contribution in [3.63, 3.8) is 0 Å². The molecule has 22 heavy (non-hydrogen) atoms. The molecule has 3 heterocycles. The molecular weight excluding hydrogens is 290 g/mol. The molecule has 9 heteroatoms. The highest BCUT2D eigenvalue weighted by Crippen LogP contribution is 2.34. The number of imidazole rings is 1. The van der Waals surface area contributed by atoms with E-state index in [2.05, 4.69) is 15.0 Å². The molecule has 4 atom stereocenters. The van der Waals surface area contributed by atoms with Gasteiger partial charge < -0.3 is 25.8 Å². The quantitative estimate of drug-likeness (QED) is 0.563. The standard InChI is InChI=1S/C13H17N5O4/c1-5(2)7(19)10-8(20)9(21)13(22-10)18-4-17-6-11(14)15-3-16-12(6)18/h3-4,8-10,13,19-21H,1-2H3,(H2,14,15,16)/t8-,9+,10+,13+/m0/s1. The molecule has 0 amide bonds. The number of nitrogens with zero attached hydrogens (tertiary/aromatic N) is 4. The van der Waals surface area contributed by atoms with Crippen LogP contribution in [-0.2, 0) is 4.74 Å². The summed E-state index contributed by atoms with van der Waals surface area (Å²) in [6.07, 6.45) is -1.80. The third-order valence-electron chi connectivity index (χ3n) is 3.68. The SMILES string of the molecule is CC(C)=C(O)[C@H]1O[C@@H](n2cnc3c(N)ncnc32)[C@H](O)[C@@H]1O. The minimum absolute atomic E-state index is 0.104. The van der Waals surface area contributed by atoms with Crippen LogP contribution in [0.3, 0.4) is 0 Å². The van der Waals surface area contributed by atoms with Gasteiger partial charge in [0.25, 0.3) is 0 Å². The number of aromatic nitrogens is 4. The van der Waals surface area contributed by atoms with Crippen molar-refractivity contribution < 1.29 is 20.1 Å². The van der Waals surface area contributed by atoms with E-state index in [9.17, 15) is 15.3 Å². The van der Waals surface area contributed by atoms with E-state index in [0.717, 1.165) is 0 Å². The van der Waals surface area contributed by atoms with Gasteiger partial charge in [-0.3, -0.25) is 4.57 Å². The summed E-state index contributed by atoms with van der Waals surface area (Å²) in [5.41, 5.74) is 7.07. The lowest BCUT2D eigenvalue weighted by atomic mass is 10.1. The largest absolute Gasteiger partial charge is 0.510 e. The monoisotopic (exact) mass is 307 g/mol. The van der Waals surface area contributed by atoms with Crippen LogP contribution >= 0.6 is 0 Å². The highest BCUT2D eigenvalue weighted by molar-refractivity contribution is 5.81. The number of fused-ring (bicyclic) bond motifs is 1. The van der Waals surface area contributed by atoms with Crippen LogP contribution in [0.15, 0.2) is 24.0 Å². The molecule has 0 radical (unpaired) electrons. The molecule has 0 saturated carbocycles. The molecule has 118 valence electrons. The van der Waals surface area contributed by atoms with Crippen LogP contribution in [-0.4, -0.2) is 53.2 Å². The van der Waals surface area contributed by atoms with E-state index < -0.39 is 24.5 Å². The molecule has 1 aliphatic rings. The average molecular weight is 307 g/mol. The van der Waals surface area contributed by atoms with Crippen molar-refractivity contribution in [3.8, 4) is 0 Å². The summed E-state index contributed by atoms with van der Waals surface area (Å²) in [6.45, 7) is 3.37. The summed E-state index contributed by atoms with van der Waals surface area (Å²) in [4.78, 5) is 12.0. The second-order valence-electron chi connectivity index (χ2n) is 5.40. The highest BCUT2D eigenvalue weighted by atomic mass is 16.6. The number of ether oxygens (including phenoxy) is 1. The Hall–Kier alpha value is -2.23. The fourth-order valence-corrected chi connectivity index (χ4v) is 2.46. The molecule has 1 aliphatic heterocycles. The van der Waals surface area contributed by atoms with Crippen molar-refractivity contribution >= 4 is 17.0 Å². The van der Waals surface area contributed by atoms with E-state index in [1.807, 2.05) is 0 Å². The minimum Gasteiger partial charge on any atom is -0.510 e. The van der Waals surface area contributed by atoms with Gasteiger partial charge in [-0.15, -0.1) is 0 Å². The summed E-state index contributed by atoms with van der Waals surface area (Å²) < 4.78 is 7.07. The topological polar surface area (TPSA) is 140 Å². The molecule has 0 aliphatic carbocycles. The summed E-state index contributed by atoms with van der Waals surface area (Å²) in [7, 11) is 0. The van der Waals surface area contributed by atoms with Crippen molar-refractivity contribution in [2.24, 2.45) is 0 Å². The Morgan fingerprint density at radius 3 is 2.64 bits per heavy atom. The molecule has 1 fully saturated rings.